The maximum absolute atomic E-state index is 10.7. The molecule has 0 aliphatic carbocycles. The molecule has 1 aromatic rings. The van der Waals surface area contributed by atoms with E-state index in [4.69, 9.17) is 9.84 Å². The van der Waals surface area contributed by atoms with E-state index in [0.717, 1.165) is 49.1 Å². The first kappa shape index (κ1) is 16.3. The zero-order valence-corrected chi connectivity index (χ0v) is 13.9. The van der Waals surface area contributed by atoms with Crippen molar-refractivity contribution in [2.45, 2.75) is 32.2 Å². The normalized spacial score (nSPS) is 19.4. The molecule has 1 heterocycles. The fourth-order valence-corrected chi connectivity index (χ4v) is 3.27. The molecule has 0 bridgehead atoms. The number of hydrogen-bond donors (Lipinski definition) is 1. The van der Waals surface area contributed by atoms with Gasteiger partial charge in [0.2, 0.25) is 0 Å². The van der Waals surface area contributed by atoms with Crippen LogP contribution in [0, 0.1) is 5.92 Å². The molecular formula is C16H22BrNO3. The Labute approximate surface area is 134 Å². The number of aliphatic carboxylic acids is 1. The van der Waals surface area contributed by atoms with Crippen LogP contribution in [0.15, 0.2) is 22.7 Å². The summed E-state index contributed by atoms with van der Waals surface area (Å²) in [5, 5.41) is 8.81. The van der Waals surface area contributed by atoms with Crippen molar-refractivity contribution >= 4 is 21.9 Å². The number of piperidine rings is 1. The Hall–Kier alpha value is -1.07. The molecule has 1 unspecified atom stereocenters. The van der Waals surface area contributed by atoms with Gasteiger partial charge in [-0.3, -0.25) is 9.69 Å². The molecule has 5 heteroatoms. The topological polar surface area (TPSA) is 49.8 Å². The summed E-state index contributed by atoms with van der Waals surface area (Å²) < 4.78 is 6.37. The van der Waals surface area contributed by atoms with Crippen LogP contribution in [0.5, 0.6) is 5.75 Å². The molecule has 1 N–H and O–H groups in total. The molecule has 0 aromatic heterocycles. The van der Waals surface area contributed by atoms with Crippen molar-refractivity contribution in [2.24, 2.45) is 5.92 Å². The van der Waals surface area contributed by atoms with Crippen molar-refractivity contribution in [3.05, 3.63) is 28.2 Å². The van der Waals surface area contributed by atoms with Gasteiger partial charge in [-0.05, 0) is 55.5 Å². The van der Waals surface area contributed by atoms with Gasteiger partial charge in [0.25, 0.3) is 0 Å². The van der Waals surface area contributed by atoms with Gasteiger partial charge in [0, 0.05) is 24.0 Å². The van der Waals surface area contributed by atoms with Crippen molar-refractivity contribution in [1.82, 2.24) is 4.90 Å². The Bertz CT molecular complexity index is 492. The summed E-state index contributed by atoms with van der Waals surface area (Å²) in [5.74, 6) is 0.675. The number of carbonyl (C=O) groups is 1. The number of ether oxygens (including phenoxy) is 1. The van der Waals surface area contributed by atoms with Crippen LogP contribution in [0.4, 0.5) is 0 Å². The highest BCUT2D eigenvalue weighted by Crippen LogP contribution is 2.27. The zero-order valence-electron chi connectivity index (χ0n) is 12.3. The standard InChI is InChI=1S/C16H22BrNO3/c1-21-14-5-6-15(17)13(9-14)11-18-8-2-3-12(10-18)4-7-16(19)20/h5-6,9,12H,2-4,7-8,10-11H2,1H3,(H,19,20). The van der Waals surface area contributed by atoms with E-state index in [9.17, 15) is 4.79 Å². The van der Waals surface area contributed by atoms with Gasteiger partial charge < -0.3 is 9.84 Å². The van der Waals surface area contributed by atoms with E-state index in [1.807, 2.05) is 12.1 Å². The summed E-state index contributed by atoms with van der Waals surface area (Å²) in [6, 6.07) is 6.02. The fraction of sp³-hybridized carbons (Fsp3) is 0.562. The Balaban J connectivity index is 1.94. The number of rotatable bonds is 6. The number of nitrogens with zero attached hydrogens (tertiary/aromatic N) is 1. The average molecular weight is 356 g/mol. The minimum atomic E-state index is -0.692. The smallest absolute Gasteiger partial charge is 0.303 e. The summed E-state index contributed by atoms with van der Waals surface area (Å²) in [6.45, 7) is 2.94. The van der Waals surface area contributed by atoms with Crippen molar-refractivity contribution in [3.8, 4) is 5.75 Å². The SMILES string of the molecule is COc1ccc(Br)c(CN2CCCC(CCC(=O)O)C2)c1. The number of carboxylic acid groups (broad SMARTS) is 1. The van der Waals surface area contributed by atoms with Crippen LogP contribution in [-0.2, 0) is 11.3 Å². The second-order valence-corrected chi connectivity index (χ2v) is 6.49. The van der Waals surface area contributed by atoms with Gasteiger partial charge in [0.15, 0.2) is 0 Å². The number of hydrogen-bond acceptors (Lipinski definition) is 3. The van der Waals surface area contributed by atoms with Gasteiger partial charge in [0.05, 0.1) is 7.11 Å². The molecule has 1 atom stereocenters. The summed E-state index contributed by atoms with van der Waals surface area (Å²) in [7, 11) is 1.68. The van der Waals surface area contributed by atoms with Crippen LogP contribution >= 0.6 is 15.9 Å². The van der Waals surface area contributed by atoms with Gasteiger partial charge in [-0.2, -0.15) is 0 Å². The molecule has 1 aromatic carbocycles. The highest BCUT2D eigenvalue weighted by Gasteiger charge is 2.21. The van der Waals surface area contributed by atoms with Gasteiger partial charge in [-0.1, -0.05) is 15.9 Å². The number of benzene rings is 1. The van der Waals surface area contributed by atoms with Gasteiger partial charge in [-0.25, -0.2) is 0 Å². The molecule has 4 nitrogen and oxygen atoms in total. The highest BCUT2D eigenvalue weighted by molar-refractivity contribution is 9.10. The molecule has 0 radical (unpaired) electrons. The predicted octanol–water partition coefficient (Wildman–Crippen LogP) is 3.53. The van der Waals surface area contributed by atoms with E-state index >= 15 is 0 Å². The first-order valence-corrected chi connectivity index (χ1v) is 8.14. The Morgan fingerprint density at radius 2 is 2.33 bits per heavy atom. The minimum Gasteiger partial charge on any atom is -0.497 e. The number of halogens is 1. The van der Waals surface area contributed by atoms with Gasteiger partial charge in [-0.15, -0.1) is 0 Å². The maximum Gasteiger partial charge on any atom is 0.303 e. The summed E-state index contributed by atoms with van der Waals surface area (Å²) in [4.78, 5) is 13.1. The molecule has 1 fully saturated rings. The first-order valence-electron chi connectivity index (χ1n) is 7.35. The van der Waals surface area contributed by atoms with Crippen LogP contribution in [0.1, 0.15) is 31.2 Å². The van der Waals surface area contributed by atoms with E-state index in [1.54, 1.807) is 7.11 Å². The summed E-state index contributed by atoms with van der Waals surface area (Å²) >= 11 is 3.59. The number of likely N-dealkylation sites (tertiary alicyclic amines) is 1. The zero-order chi connectivity index (χ0) is 15.2. The molecule has 0 saturated carbocycles. The fourth-order valence-electron chi connectivity index (χ4n) is 2.90. The number of carboxylic acids is 1. The second-order valence-electron chi connectivity index (χ2n) is 5.63. The van der Waals surface area contributed by atoms with E-state index in [-0.39, 0.29) is 6.42 Å². The van der Waals surface area contributed by atoms with E-state index in [1.165, 1.54) is 5.56 Å². The molecule has 116 valence electrons. The average Bonchev–Trinajstić information content (AvgIpc) is 2.48. The third-order valence-corrected chi connectivity index (χ3v) is 4.79. The van der Waals surface area contributed by atoms with E-state index in [0.29, 0.717) is 5.92 Å². The van der Waals surface area contributed by atoms with Gasteiger partial charge >= 0.3 is 5.97 Å². The molecule has 1 aliphatic rings. The molecule has 21 heavy (non-hydrogen) atoms. The van der Waals surface area contributed by atoms with Crippen molar-refractivity contribution in [2.75, 3.05) is 20.2 Å². The summed E-state index contributed by atoms with van der Waals surface area (Å²) in [5.41, 5.74) is 1.22. The van der Waals surface area contributed by atoms with Crippen molar-refractivity contribution in [3.63, 3.8) is 0 Å². The van der Waals surface area contributed by atoms with Crippen LogP contribution in [-0.4, -0.2) is 36.2 Å². The lowest BCUT2D eigenvalue weighted by Gasteiger charge is -2.32. The second kappa shape index (κ2) is 7.80. The lowest BCUT2D eigenvalue weighted by atomic mass is 9.93. The van der Waals surface area contributed by atoms with Crippen LogP contribution in [0.25, 0.3) is 0 Å². The largest absolute Gasteiger partial charge is 0.497 e. The molecule has 0 amide bonds. The van der Waals surface area contributed by atoms with Crippen LogP contribution < -0.4 is 4.74 Å². The third-order valence-electron chi connectivity index (χ3n) is 4.02. The molecule has 1 saturated heterocycles. The lowest BCUT2D eigenvalue weighted by molar-refractivity contribution is -0.137. The van der Waals surface area contributed by atoms with Crippen molar-refractivity contribution in [1.29, 1.82) is 0 Å². The van der Waals surface area contributed by atoms with Crippen LogP contribution in [0.3, 0.4) is 0 Å². The minimum absolute atomic E-state index is 0.279. The quantitative estimate of drug-likeness (QED) is 0.847. The molecular weight excluding hydrogens is 334 g/mol. The number of methoxy groups -OCH3 is 1. The Kier molecular flexibility index (Phi) is 6.06. The third kappa shape index (κ3) is 5.00. The maximum atomic E-state index is 10.7. The molecule has 0 spiro atoms. The van der Waals surface area contributed by atoms with Gasteiger partial charge in [0.1, 0.15) is 5.75 Å². The Morgan fingerprint density at radius 1 is 1.52 bits per heavy atom. The predicted molar refractivity (Wildman–Crippen MR) is 85.6 cm³/mol. The molecule has 2 rings (SSSR count). The lowest BCUT2D eigenvalue weighted by Crippen LogP contribution is -2.35. The molecule has 1 aliphatic heterocycles. The van der Waals surface area contributed by atoms with Crippen molar-refractivity contribution < 1.29 is 14.6 Å². The monoisotopic (exact) mass is 355 g/mol. The highest BCUT2D eigenvalue weighted by atomic mass is 79.9. The van der Waals surface area contributed by atoms with E-state index in [2.05, 4.69) is 26.9 Å². The first-order chi connectivity index (χ1) is 10.1. The van der Waals surface area contributed by atoms with Crippen LogP contribution in [0.2, 0.25) is 0 Å². The summed E-state index contributed by atoms with van der Waals surface area (Å²) in [6.07, 6.45) is 3.35. The van der Waals surface area contributed by atoms with E-state index < -0.39 is 5.97 Å². The Morgan fingerprint density at radius 3 is 3.05 bits per heavy atom.